The van der Waals surface area contributed by atoms with Crippen molar-refractivity contribution in [3.63, 3.8) is 0 Å². The van der Waals surface area contributed by atoms with E-state index in [0.29, 0.717) is 22.6 Å². The largest absolute Gasteiger partial charge is 0.480 e. The number of carboxylic acid groups (broad SMARTS) is 1. The number of rotatable bonds is 4. The molecule has 1 N–H and O–H groups in total. The third-order valence-electron chi connectivity index (χ3n) is 4.98. The number of aliphatic carboxylic acids is 1. The Kier molecular flexibility index (Phi) is 4.43. The summed E-state index contributed by atoms with van der Waals surface area (Å²) in [6.45, 7) is 3.99. The summed E-state index contributed by atoms with van der Waals surface area (Å²) in [5.74, 6) is -0.933. The molecular weight excluding hydrogens is 378 g/mol. The number of halogens is 1. The molecule has 0 aliphatic heterocycles. The average molecular weight is 396 g/mol. The minimum Gasteiger partial charge on any atom is -0.480 e. The number of benzene rings is 2. The number of aryl methyl sites for hydroxylation is 1. The van der Waals surface area contributed by atoms with E-state index in [4.69, 9.17) is 11.6 Å². The molecule has 0 aliphatic carbocycles. The van der Waals surface area contributed by atoms with Crippen molar-refractivity contribution in [2.45, 2.75) is 26.9 Å². The summed E-state index contributed by atoms with van der Waals surface area (Å²) in [7, 11) is 0. The second-order valence-electron chi connectivity index (χ2n) is 6.62. The number of aromatic nitrogens is 3. The van der Waals surface area contributed by atoms with E-state index in [1.165, 1.54) is 4.68 Å². The van der Waals surface area contributed by atoms with Crippen LogP contribution in [-0.2, 0) is 17.9 Å². The molecule has 4 rings (SSSR count). The molecule has 0 atom stereocenters. The standard InChI is InChI=1S/C21H18ClN3O3/c1-3-25-21(28)15-7-5-4-6-14(15)20(23-25)19-12(2)24(11-18(26)27)17-9-8-13(22)10-16(17)19/h4-10H,3,11H2,1-2H3,(H,26,27). The van der Waals surface area contributed by atoms with E-state index in [2.05, 4.69) is 5.10 Å². The van der Waals surface area contributed by atoms with Crippen molar-refractivity contribution in [1.82, 2.24) is 14.3 Å². The quantitative estimate of drug-likeness (QED) is 0.564. The van der Waals surface area contributed by atoms with E-state index >= 15 is 0 Å². The average Bonchev–Trinajstić information content (AvgIpc) is 2.93. The van der Waals surface area contributed by atoms with Crippen LogP contribution in [0.1, 0.15) is 12.6 Å². The highest BCUT2D eigenvalue weighted by Crippen LogP contribution is 2.37. The number of hydrogen-bond acceptors (Lipinski definition) is 3. The van der Waals surface area contributed by atoms with Crippen LogP contribution in [0.25, 0.3) is 32.9 Å². The molecule has 142 valence electrons. The molecule has 28 heavy (non-hydrogen) atoms. The lowest BCUT2D eigenvalue weighted by Crippen LogP contribution is -2.23. The first kappa shape index (κ1) is 18.3. The smallest absolute Gasteiger partial charge is 0.323 e. The Morgan fingerprint density at radius 1 is 1.14 bits per heavy atom. The van der Waals surface area contributed by atoms with Gasteiger partial charge in [-0.05, 0) is 38.1 Å². The number of carbonyl (C=O) groups is 1. The first-order valence-corrected chi connectivity index (χ1v) is 9.30. The van der Waals surface area contributed by atoms with Gasteiger partial charge in [-0.3, -0.25) is 9.59 Å². The van der Waals surface area contributed by atoms with E-state index in [0.717, 1.165) is 27.5 Å². The van der Waals surface area contributed by atoms with Gasteiger partial charge in [0.1, 0.15) is 12.2 Å². The predicted molar refractivity (Wildman–Crippen MR) is 110 cm³/mol. The Balaban J connectivity index is 2.18. The van der Waals surface area contributed by atoms with E-state index in [1.54, 1.807) is 16.7 Å². The van der Waals surface area contributed by atoms with Crippen LogP contribution < -0.4 is 5.56 Å². The lowest BCUT2D eigenvalue weighted by atomic mass is 10.0. The van der Waals surface area contributed by atoms with Crippen molar-refractivity contribution in [3.05, 3.63) is 63.5 Å². The van der Waals surface area contributed by atoms with Gasteiger partial charge in [0.15, 0.2) is 0 Å². The topological polar surface area (TPSA) is 77.1 Å². The van der Waals surface area contributed by atoms with Gasteiger partial charge < -0.3 is 9.67 Å². The van der Waals surface area contributed by atoms with Gasteiger partial charge in [0.2, 0.25) is 0 Å². The number of hydrogen-bond donors (Lipinski definition) is 1. The molecule has 6 nitrogen and oxygen atoms in total. The summed E-state index contributed by atoms with van der Waals surface area (Å²) in [6.07, 6.45) is 0. The minimum atomic E-state index is -0.933. The molecule has 2 aromatic carbocycles. The number of nitrogens with zero attached hydrogens (tertiary/aromatic N) is 3. The highest BCUT2D eigenvalue weighted by atomic mass is 35.5. The second kappa shape index (κ2) is 6.80. The predicted octanol–water partition coefficient (Wildman–Crippen LogP) is 4.08. The van der Waals surface area contributed by atoms with Crippen LogP contribution in [0.15, 0.2) is 47.3 Å². The van der Waals surface area contributed by atoms with Gasteiger partial charge in [-0.15, -0.1) is 0 Å². The maximum atomic E-state index is 12.7. The Labute approximate surface area is 165 Å². The van der Waals surface area contributed by atoms with Crippen LogP contribution in [0, 0.1) is 6.92 Å². The Bertz CT molecular complexity index is 1300. The Hall–Kier alpha value is -3.12. The highest BCUT2D eigenvalue weighted by molar-refractivity contribution is 6.31. The van der Waals surface area contributed by atoms with Crippen LogP contribution in [0.5, 0.6) is 0 Å². The Morgan fingerprint density at radius 2 is 1.86 bits per heavy atom. The highest BCUT2D eigenvalue weighted by Gasteiger charge is 2.21. The maximum Gasteiger partial charge on any atom is 0.323 e. The zero-order valence-corrected chi connectivity index (χ0v) is 16.2. The van der Waals surface area contributed by atoms with Crippen molar-refractivity contribution in [3.8, 4) is 11.3 Å². The third-order valence-corrected chi connectivity index (χ3v) is 5.22. The molecule has 0 unspecified atom stereocenters. The van der Waals surface area contributed by atoms with Crippen molar-refractivity contribution in [1.29, 1.82) is 0 Å². The van der Waals surface area contributed by atoms with Gasteiger partial charge >= 0.3 is 5.97 Å². The zero-order chi connectivity index (χ0) is 20.0. The molecule has 0 amide bonds. The van der Waals surface area contributed by atoms with Gasteiger partial charge in [-0.2, -0.15) is 5.10 Å². The molecule has 7 heteroatoms. The number of fused-ring (bicyclic) bond motifs is 2. The summed E-state index contributed by atoms with van der Waals surface area (Å²) < 4.78 is 3.17. The fraction of sp³-hybridized carbons (Fsp3) is 0.190. The SMILES string of the molecule is CCn1nc(-c2c(C)n(CC(=O)O)c3ccc(Cl)cc23)c2ccccc2c1=O. The molecule has 0 radical (unpaired) electrons. The van der Waals surface area contributed by atoms with Crippen LogP contribution >= 0.6 is 11.6 Å². The van der Waals surface area contributed by atoms with Crippen LogP contribution in [0.4, 0.5) is 0 Å². The summed E-state index contributed by atoms with van der Waals surface area (Å²) >= 11 is 6.25. The molecule has 0 saturated heterocycles. The van der Waals surface area contributed by atoms with E-state index in [1.807, 2.05) is 44.2 Å². The van der Waals surface area contributed by atoms with Gasteiger partial charge in [-0.1, -0.05) is 29.8 Å². The Morgan fingerprint density at radius 3 is 2.54 bits per heavy atom. The maximum absolute atomic E-state index is 12.7. The summed E-state index contributed by atoms with van der Waals surface area (Å²) in [6, 6.07) is 12.7. The summed E-state index contributed by atoms with van der Waals surface area (Å²) in [4.78, 5) is 24.1. The van der Waals surface area contributed by atoms with Crippen molar-refractivity contribution in [2.24, 2.45) is 0 Å². The van der Waals surface area contributed by atoms with Crippen molar-refractivity contribution >= 4 is 39.2 Å². The van der Waals surface area contributed by atoms with Crippen LogP contribution in [0.3, 0.4) is 0 Å². The molecular formula is C21H18ClN3O3. The fourth-order valence-corrected chi connectivity index (χ4v) is 3.90. The first-order chi connectivity index (χ1) is 13.4. The lowest BCUT2D eigenvalue weighted by Gasteiger charge is -2.11. The molecule has 2 aromatic heterocycles. The summed E-state index contributed by atoms with van der Waals surface area (Å²) in [5, 5.41) is 16.7. The van der Waals surface area contributed by atoms with Gasteiger partial charge in [0.05, 0.1) is 5.39 Å². The normalized spacial score (nSPS) is 11.4. The van der Waals surface area contributed by atoms with Crippen LogP contribution in [0.2, 0.25) is 5.02 Å². The van der Waals surface area contributed by atoms with E-state index in [9.17, 15) is 14.7 Å². The van der Waals surface area contributed by atoms with E-state index < -0.39 is 5.97 Å². The summed E-state index contributed by atoms with van der Waals surface area (Å²) in [5.41, 5.74) is 2.81. The molecule has 0 spiro atoms. The lowest BCUT2D eigenvalue weighted by molar-refractivity contribution is -0.137. The number of carboxylic acids is 1. The molecule has 4 aromatic rings. The fourth-order valence-electron chi connectivity index (χ4n) is 3.73. The third kappa shape index (κ3) is 2.77. The van der Waals surface area contributed by atoms with Gasteiger partial charge in [0.25, 0.3) is 5.56 Å². The molecule has 0 aliphatic rings. The van der Waals surface area contributed by atoms with Gasteiger partial charge in [0, 0.05) is 39.1 Å². The first-order valence-electron chi connectivity index (χ1n) is 8.92. The van der Waals surface area contributed by atoms with Crippen molar-refractivity contribution < 1.29 is 9.90 Å². The van der Waals surface area contributed by atoms with E-state index in [-0.39, 0.29) is 12.1 Å². The monoisotopic (exact) mass is 395 g/mol. The van der Waals surface area contributed by atoms with Gasteiger partial charge in [-0.25, -0.2) is 4.68 Å². The van der Waals surface area contributed by atoms with Crippen LogP contribution in [-0.4, -0.2) is 25.4 Å². The molecule has 0 fully saturated rings. The molecule has 0 saturated carbocycles. The molecule has 2 heterocycles. The minimum absolute atomic E-state index is 0.146. The van der Waals surface area contributed by atoms with Crippen molar-refractivity contribution in [2.75, 3.05) is 0 Å². The second-order valence-corrected chi connectivity index (χ2v) is 7.05. The zero-order valence-electron chi connectivity index (χ0n) is 15.4. The molecule has 0 bridgehead atoms.